The van der Waals surface area contributed by atoms with Crippen molar-refractivity contribution in [2.45, 2.75) is 95.7 Å². The summed E-state index contributed by atoms with van der Waals surface area (Å²) < 4.78 is 5.99. The normalized spacial score (nSPS) is 28.0. The van der Waals surface area contributed by atoms with Crippen LogP contribution in [0.1, 0.15) is 78.1 Å². The third kappa shape index (κ3) is 3.96. The molecule has 1 saturated heterocycles. The van der Waals surface area contributed by atoms with E-state index in [9.17, 15) is 0 Å². The molecule has 0 bridgehead atoms. The molecule has 2 heteroatoms. The lowest BCUT2D eigenvalue weighted by molar-refractivity contribution is -0.136. The van der Waals surface area contributed by atoms with Crippen molar-refractivity contribution < 1.29 is 4.74 Å². The smallest absolute Gasteiger partial charge is 0.0697 e. The lowest BCUT2D eigenvalue weighted by Gasteiger charge is -2.47. The van der Waals surface area contributed by atoms with Crippen molar-refractivity contribution in [2.75, 3.05) is 6.61 Å². The molecule has 2 fully saturated rings. The highest BCUT2D eigenvalue weighted by atomic mass is 16.5. The maximum absolute atomic E-state index is 5.99. The lowest BCUT2D eigenvalue weighted by Crippen LogP contribution is -2.52. The summed E-state index contributed by atoms with van der Waals surface area (Å²) in [7, 11) is 0. The number of hydrogen-bond donors (Lipinski definition) is 1. The van der Waals surface area contributed by atoms with Gasteiger partial charge in [-0.1, -0.05) is 32.6 Å². The summed E-state index contributed by atoms with van der Waals surface area (Å²) in [6.07, 6.45) is 13.3. The second kappa shape index (κ2) is 6.91. The van der Waals surface area contributed by atoms with Crippen LogP contribution in [0.2, 0.25) is 0 Å². The van der Waals surface area contributed by atoms with E-state index in [-0.39, 0.29) is 5.60 Å². The topological polar surface area (TPSA) is 21.3 Å². The fourth-order valence-corrected chi connectivity index (χ4v) is 3.45. The molecule has 2 nitrogen and oxygen atoms in total. The molecule has 0 radical (unpaired) electrons. The van der Waals surface area contributed by atoms with Crippen LogP contribution in [-0.2, 0) is 4.74 Å². The molecule has 1 saturated carbocycles. The number of nitrogens with one attached hydrogen (secondary N) is 1. The van der Waals surface area contributed by atoms with Crippen molar-refractivity contribution in [3.05, 3.63) is 0 Å². The van der Waals surface area contributed by atoms with E-state index >= 15 is 0 Å². The van der Waals surface area contributed by atoms with Gasteiger partial charge in [-0.05, 0) is 45.4 Å². The van der Waals surface area contributed by atoms with Gasteiger partial charge in [-0.25, -0.2) is 0 Å². The van der Waals surface area contributed by atoms with Crippen LogP contribution in [0.25, 0.3) is 0 Å². The third-order valence-electron chi connectivity index (χ3n) is 4.77. The number of ether oxygens (including phenoxy) is 1. The quantitative estimate of drug-likeness (QED) is 0.691. The molecule has 1 aliphatic carbocycles. The van der Waals surface area contributed by atoms with E-state index < -0.39 is 0 Å². The van der Waals surface area contributed by atoms with Crippen LogP contribution in [0.3, 0.4) is 0 Å². The van der Waals surface area contributed by atoms with Gasteiger partial charge in [0.05, 0.1) is 5.60 Å². The minimum atomic E-state index is 0.290. The van der Waals surface area contributed by atoms with Crippen molar-refractivity contribution in [3.63, 3.8) is 0 Å². The Labute approximate surface area is 113 Å². The van der Waals surface area contributed by atoms with Gasteiger partial charge in [-0.15, -0.1) is 0 Å². The minimum Gasteiger partial charge on any atom is -0.375 e. The Hall–Kier alpha value is -0.0800. The molecule has 0 amide bonds. The molecule has 2 unspecified atom stereocenters. The Morgan fingerprint density at radius 1 is 1.28 bits per heavy atom. The van der Waals surface area contributed by atoms with Gasteiger partial charge < -0.3 is 10.1 Å². The molecule has 0 aromatic rings. The first-order valence-corrected chi connectivity index (χ1v) is 8.14. The van der Waals surface area contributed by atoms with Crippen LogP contribution in [-0.4, -0.2) is 24.3 Å². The molecule has 2 aliphatic rings. The fraction of sp³-hybridized carbons (Fsp3) is 1.00. The molecular weight excluding hydrogens is 222 g/mol. The van der Waals surface area contributed by atoms with Crippen LogP contribution in [0.5, 0.6) is 0 Å². The zero-order chi connectivity index (χ0) is 12.8. The molecule has 106 valence electrons. The van der Waals surface area contributed by atoms with Gasteiger partial charge in [0.25, 0.3) is 0 Å². The average Bonchev–Trinajstić information content (AvgIpc) is 2.33. The molecule has 2 rings (SSSR count). The number of rotatable bonds is 7. The second-order valence-electron chi connectivity index (χ2n) is 6.49. The highest BCUT2D eigenvalue weighted by Gasteiger charge is 2.42. The molecule has 1 heterocycles. The standard InChI is InChI=1S/C16H31NO/c1-3-4-5-6-8-14(2)17-15-9-12-18-16(13-15)10-7-11-16/h14-15,17H,3-13H2,1-2H3. The predicted octanol–water partition coefficient (Wildman–Crippen LogP) is 4.04. The molecule has 0 aromatic heterocycles. The fourth-order valence-electron chi connectivity index (χ4n) is 3.45. The van der Waals surface area contributed by atoms with Crippen molar-refractivity contribution in [1.82, 2.24) is 5.32 Å². The van der Waals surface area contributed by atoms with E-state index in [2.05, 4.69) is 19.2 Å². The van der Waals surface area contributed by atoms with Crippen molar-refractivity contribution >= 4 is 0 Å². The minimum absolute atomic E-state index is 0.290. The summed E-state index contributed by atoms with van der Waals surface area (Å²) in [6.45, 7) is 5.61. The zero-order valence-corrected chi connectivity index (χ0v) is 12.3. The Kier molecular flexibility index (Phi) is 5.50. The Morgan fingerprint density at radius 2 is 2.11 bits per heavy atom. The third-order valence-corrected chi connectivity index (χ3v) is 4.77. The van der Waals surface area contributed by atoms with Gasteiger partial charge in [0.1, 0.15) is 0 Å². The molecule has 18 heavy (non-hydrogen) atoms. The van der Waals surface area contributed by atoms with Gasteiger partial charge in [0, 0.05) is 18.7 Å². The molecule has 2 atom stereocenters. The van der Waals surface area contributed by atoms with Crippen molar-refractivity contribution in [3.8, 4) is 0 Å². The predicted molar refractivity (Wildman–Crippen MR) is 76.9 cm³/mol. The summed E-state index contributed by atoms with van der Waals surface area (Å²) in [5.41, 5.74) is 0.290. The van der Waals surface area contributed by atoms with Crippen LogP contribution in [0, 0.1) is 0 Å². The van der Waals surface area contributed by atoms with Gasteiger partial charge in [-0.2, -0.15) is 0 Å². The summed E-state index contributed by atoms with van der Waals surface area (Å²) in [6, 6.07) is 1.39. The van der Waals surface area contributed by atoms with Crippen molar-refractivity contribution in [1.29, 1.82) is 0 Å². The van der Waals surface area contributed by atoms with E-state index in [0.29, 0.717) is 12.1 Å². The monoisotopic (exact) mass is 253 g/mol. The second-order valence-corrected chi connectivity index (χ2v) is 6.49. The van der Waals surface area contributed by atoms with Crippen molar-refractivity contribution in [2.24, 2.45) is 0 Å². The first-order valence-electron chi connectivity index (χ1n) is 8.14. The van der Waals surface area contributed by atoms with Gasteiger partial charge in [0.15, 0.2) is 0 Å². The van der Waals surface area contributed by atoms with E-state index in [0.717, 1.165) is 6.61 Å². The molecule has 0 aromatic carbocycles. The Morgan fingerprint density at radius 3 is 2.78 bits per heavy atom. The Bertz CT molecular complexity index is 237. The Balaban J connectivity index is 1.62. The highest BCUT2D eigenvalue weighted by molar-refractivity contribution is 4.96. The van der Waals surface area contributed by atoms with Crippen LogP contribution in [0.4, 0.5) is 0 Å². The maximum atomic E-state index is 5.99. The summed E-state index contributed by atoms with van der Waals surface area (Å²) in [4.78, 5) is 0. The van der Waals surface area contributed by atoms with Crippen LogP contribution < -0.4 is 5.32 Å². The maximum Gasteiger partial charge on any atom is 0.0697 e. The van der Waals surface area contributed by atoms with Gasteiger partial charge in [0.2, 0.25) is 0 Å². The van der Waals surface area contributed by atoms with Gasteiger partial charge in [-0.3, -0.25) is 0 Å². The zero-order valence-electron chi connectivity index (χ0n) is 12.3. The summed E-state index contributed by atoms with van der Waals surface area (Å²) >= 11 is 0. The van der Waals surface area contributed by atoms with E-state index in [1.165, 1.54) is 64.2 Å². The number of hydrogen-bond acceptors (Lipinski definition) is 2. The molecule has 1 N–H and O–H groups in total. The summed E-state index contributed by atoms with van der Waals surface area (Å²) in [5.74, 6) is 0. The number of unbranched alkanes of at least 4 members (excludes halogenated alkanes) is 3. The van der Waals surface area contributed by atoms with Gasteiger partial charge >= 0.3 is 0 Å². The lowest BCUT2D eigenvalue weighted by atomic mass is 9.74. The van der Waals surface area contributed by atoms with Crippen LogP contribution in [0.15, 0.2) is 0 Å². The average molecular weight is 253 g/mol. The van der Waals surface area contributed by atoms with E-state index in [1.54, 1.807) is 0 Å². The van der Waals surface area contributed by atoms with Crippen LogP contribution >= 0.6 is 0 Å². The molecule has 1 spiro atoms. The summed E-state index contributed by atoms with van der Waals surface area (Å²) in [5, 5.41) is 3.84. The van der Waals surface area contributed by atoms with E-state index in [1.807, 2.05) is 0 Å². The SMILES string of the molecule is CCCCCCC(C)NC1CCOC2(CCC2)C1. The first kappa shape index (κ1) is 14.3. The largest absolute Gasteiger partial charge is 0.375 e. The highest BCUT2D eigenvalue weighted by Crippen LogP contribution is 2.42. The molecular formula is C16H31NO. The molecule has 1 aliphatic heterocycles. The van der Waals surface area contributed by atoms with E-state index in [4.69, 9.17) is 4.74 Å². The first-order chi connectivity index (χ1) is 8.74.